The number of nitrogens with zero attached hydrogens (tertiary/aromatic N) is 4. The number of nitrogen functional groups attached to an aromatic ring is 2. The average Bonchev–Trinajstić information content (AvgIpc) is 2.53. The lowest BCUT2D eigenvalue weighted by Crippen LogP contribution is -2.24. The smallest absolute Gasteiger partial charge is 0.271 e. The lowest BCUT2D eigenvalue weighted by molar-refractivity contribution is 0.0946. The predicted octanol–water partition coefficient (Wildman–Crippen LogP) is 0.514. The van der Waals surface area contributed by atoms with Gasteiger partial charge in [-0.15, -0.1) is 0 Å². The second-order valence-electron chi connectivity index (χ2n) is 4.56. The van der Waals surface area contributed by atoms with Crippen LogP contribution in [0.2, 0.25) is 0 Å². The zero-order valence-electron chi connectivity index (χ0n) is 11.5. The maximum atomic E-state index is 12.1. The summed E-state index contributed by atoms with van der Waals surface area (Å²) in [6.45, 7) is 0.396. The van der Waals surface area contributed by atoms with Crippen LogP contribution in [0, 0.1) is 0 Å². The van der Waals surface area contributed by atoms with Crippen LogP contribution < -0.4 is 16.8 Å². The second kappa shape index (κ2) is 5.60. The molecular formula is C14H13N7O. The molecule has 110 valence electrons. The number of benzene rings is 1. The number of carbonyl (C=O) groups excluding carboxylic acids is 1. The Bertz CT molecular complexity index is 835. The quantitative estimate of drug-likeness (QED) is 0.641. The minimum Gasteiger partial charge on any atom is -0.382 e. The summed E-state index contributed by atoms with van der Waals surface area (Å²) < 4.78 is 0. The molecule has 1 aromatic carbocycles. The molecule has 0 fully saturated rings. The number of hydrogen-bond acceptors (Lipinski definition) is 7. The lowest BCUT2D eigenvalue weighted by Gasteiger charge is -2.06. The summed E-state index contributed by atoms with van der Waals surface area (Å²) >= 11 is 0. The van der Waals surface area contributed by atoms with E-state index >= 15 is 0 Å². The van der Waals surface area contributed by atoms with Gasteiger partial charge in [0.25, 0.3) is 5.91 Å². The fourth-order valence-corrected chi connectivity index (χ4v) is 1.92. The van der Waals surface area contributed by atoms with Gasteiger partial charge >= 0.3 is 0 Å². The molecule has 0 unspecified atom stereocenters. The van der Waals surface area contributed by atoms with Crippen LogP contribution in [0.5, 0.6) is 0 Å². The maximum absolute atomic E-state index is 12.1. The first-order valence-electron chi connectivity index (χ1n) is 6.51. The highest BCUT2D eigenvalue weighted by atomic mass is 16.1. The van der Waals surface area contributed by atoms with E-state index in [0.29, 0.717) is 6.54 Å². The van der Waals surface area contributed by atoms with Crippen LogP contribution in [-0.4, -0.2) is 25.8 Å². The molecular weight excluding hydrogens is 282 g/mol. The highest BCUT2D eigenvalue weighted by molar-refractivity contribution is 5.94. The largest absolute Gasteiger partial charge is 0.382 e. The Labute approximate surface area is 125 Å². The predicted molar refractivity (Wildman–Crippen MR) is 81.6 cm³/mol. The van der Waals surface area contributed by atoms with Gasteiger partial charge in [-0.25, -0.2) is 9.97 Å². The molecule has 8 nitrogen and oxygen atoms in total. The number of amides is 1. The van der Waals surface area contributed by atoms with E-state index in [1.165, 1.54) is 6.20 Å². The SMILES string of the molecule is Nc1nc(N)c2nc(C(=O)NCc3ccccc3)cnc2n1. The molecule has 1 amide bonds. The van der Waals surface area contributed by atoms with Crippen molar-refractivity contribution in [1.29, 1.82) is 0 Å². The number of nitrogens with two attached hydrogens (primary N) is 2. The summed E-state index contributed by atoms with van der Waals surface area (Å²) in [4.78, 5) is 28.0. The van der Waals surface area contributed by atoms with E-state index < -0.39 is 0 Å². The lowest BCUT2D eigenvalue weighted by atomic mass is 10.2. The van der Waals surface area contributed by atoms with Crippen molar-refractivity contribution in [1.82, 2.24) is 25.3 Å². The number of carbonyl (C=O) groups is 1. The fraction of sp³-hybridized carbons (Fsp3) is 0.0714. The summed E-state index contributed by atoms with van der Waals surface area (Å²) in [7, 11) is 0. The first kappa shape index (κ1) is 13.7. The van der Waals surface area contributed by atoms with Gasteiger partial charge in [0.1, 0.15) is 5.69 Å². The third-order valence-corrected chi connectivity index (χ3v) is 2.98. The summed E-state index contributed by atoms with van der Waals surface area (Å²) in [6.07, 6.45) is 1.33. The van der Waals surface area contributed by atoms with Crippen molar-refractivity contribution in [3.63, 3.8) is 0 Å². The number of anilines is 2. The molecule has 0 saturated heterocycles. The third-order valence-electron chi connectivity index (χ3n) is 2.98. The summed E-state index contributed by atoms with van der Waals surface area (Å²) in [5.74, 6) is -0.247. The number of rotatable bonds is 3. The van der Waals surface area contributed by atoms with E-state index in [1.54, 1.807) is 0 Å². The van der Waals surface area contributed by atoms with Gasteiger partial charge in [-0.3, -0.25) is 4.79 Å². The normalized spacial score (nSPS) is 10.5. The molecule has 3 aromatic rings. The van der Waals surface area contributed by atoms with Crippen molar-refractivity contribution in [2.24, 2.45) is 0 Å². The topological polar surface area (TPSA) is 133 Å². The van der Waals surface area contributed by atoms with Crippen molar-refractivity contribution >= 4 is 28.8 Å². The van der Waals surface area contributed by atoms with Crippen LogP contribution >= 0.6 is 0 Å². The van der Waals surface area contributed by atoms with Crippen molar-refractivity contribution < 1.29 is 4.79 Å². The van der Waals surface area contributed by atoms with Gasteiger partial charge in [0.05, 0.1) is 6.20 Å². The Balaban J connectivity index is 1.82. The van der Waals surface area contributed by atoms with Crippen molar-refractivity contribution in [2.75, 3.05) is 11.5 Å². The number of fused-ring (bicyclic) bond motifs is 1. The maximum Gasteiger partial charge on any atom is 0.271 e. The van der Waals surface area contributed by atoms with Crippen molar-refractivity contribution in [3.05, 3.63) is 47.8 Å². The molecule has 5 N–H and O–H groups in total. The van der Waals surface area contributed by atoms with Crippen LogP contribution in [0.1, 0.15) is 16.1 Å². The van der Waals surface area contributed by atoms with Gasteiger partial charge in [0.15, 0.2) is 17.0 Å². The molecule has 2 heterocycles. The van der Waals surface area contributed by atoms with Gasteiger partial charge in [-0.2, -0.15) is 9.97 Å². The Morgan fingerprint density at radius 3 is 2.64 bits per heavy atom. The average molecular weight is 295 g/mol. The number of nitrogens with one attached hydrogen (secondary N) is 1. The Morgan fingerprint density at radius 1 is 1.09 bits per heavy atom. The second-order valence-corrected chi connectivity index (χ2v) is 4.56. The van der Waals surface area contributed by atoms with E-state index in [-0.39, 0.29) is 34.5 Å². The summed E-state index contributed by atoms with van der Waals surface area (Å²) in [5.41, 5.74) is 12.8. The molecule has 0 aliphatic rings. The highest BCUT2D eigenvalue weighted by Gasteiger charge is 2.12. The highest BCUT2D eigenvalue weighted by Crippen LogP contribution is 2.14. The van der Waals surface area contributed by atoms with Gasteiger partial charge in [-0.05, 0) is 5.56 Å². The van der Waals surface area contributed by atoms with Gasteiger partial charge in [0.2, 0.25) is 5.95 Å². The Kier molecular flexibility index (Phi) is 3.48. The van der Waals surface area contributed by atoms with Gasteiger partial charge in [-0.1, -0.05) is 30.3 Å². The van der Waals surface area contributed by atoms with Crippen LogP contribution in [0.25, 0.3) is 11.2 Å². The van der Waals surface area contributed by atoms with Gasteiger partial charge < -0.3 is 16.8 Å². The van der Waals surface area contributed by atoms with Crippen LogP contribution in [0.15, 0.2) is 36.5 Å². The first-order valence-corrected chi connectivity index (χ1v) is 6.51. The van der Waals surface area contributed by atoms with E-state index in [0.717, 1.165) is 5.56 Å². The zero-order chi connectivity index (χ0) is 15.5. The van der Waals surface area contributed by atoms with E-state index in [1.807, 2.05) is 30.3 Å². The fourth-order valence-electron chi connectivity index (χ4n) is 1.92. The summed E-state index contributed by atoms with van der Waals surface area (Å²) in [5, 5.41) is 2.76. The molecule has 0 aliphatic carbocycles. The number of hydrogen-bond donors (Lipinski definition) is 3. The van der Waals surface area contributed by atoms with Gasteiger partial charge in [0, 0.05) is 6.54 Å². The molecule has 0 saturated carbocycles. The minimum atomic E-state index is -0.352. The Hall–Kier alpha value is -3.29. The van der Waals surface area contributed by atoms with Crippen molar-refractivity contribution in [3.8, 4) is 0 Å². The van der Waals surface area contributed by atoms with Crippen LogP contribution in [-0.2, 0) is 6.54 Å². The number of aromatic nitrogens is 4. The van der Waals surface area contributed by atoms with E-state index in [2.05, 4.69) is 25.3 Å². The van der Waals surface area contributed by atoms with Crippen LogP contribution in [0.4, 0.5) is 11.8 Å². The molecule has 8 heteroatoms. The molecule has 2 aromatic heterocycles. The van der Waals surface area contributed by atoms with Crippen molar-refractivity contribution in [2.45, 2.75) is 6.54 Å². The molecule has 3 rings (SSSR count). The Morgan fingerprint density at radius 2 is 1.86 bits per heavy atom. The van der Waals surface area contributed by atoms with E-state index in [9.17, 15) is 4.79 Å². The molecule has 0 atom stereocenters. The minimum absolute atomic E-state index is 0.0144. The molecule has 0 spiro atoms. The van der Waals surface area contributed by atoms with Crippen LogP contribution in [0.3, 0.4) is 0 Å². The molecule has 0 radical (unpaired) electrons. The monoisotopic (exact) mass is 295 g/mol. The van der Waals surface area contributed by atoms with E-state index in [4.69, 9.17) is 11.5 Å². The molecule has 22 heavy (non-hydrogen) atoms. The molecule has 0 aliphatic heterocycles. The zero-order valence-corrected chi connectivity index (χ0v) is 11.5. The standard InChI is InChI=1S/C14H13N7O/c15-11-10-12(21-14(16)20-11)17-7-9(19-10)13(22)18-6-8-4-2-1-3-5-8/h1-5,7H,6H2,(H,18,22)(H4,15,16,17,20,21). The summed E-state index contributed by atoms with van der Waals surface area (Å²) in [6, 6.07) is 9.55. The first-order chi connectivity index (χ1) is 10.6. The third kappa shape index (κ3) is 2.75. The molecule has 0 bridgehead atoms.